The molecular formula is C22H23FN8O. The number of halogens is 1. The van der Waals surface area contributed by atoms with Gasteiger partial charge in [0.1, 0.15) is 16.9 Å². The summed E-state index contributed by atoms with van der Waals surface area (Å²) in [4.78, 5) is 24.1. The smallest absolute Gasteiger partial charge is 0.262 e. The first-order chi connectivity index (χ1) is 15.3. The molecule has 0 bridgehead atoms. The minimum atomic E-state index is -0.589. The molecule has 3 aromatic heterocycles. The van der Waals surface area contributed by atoms with Gasteiger partial charge in [-0.25, -0.2) is 9.37 Å². The van der Waals surface area contributed by atoms with E-state index in [1.165, 1.54) is 6.07 Å². The van der Waals surface area contributed by atoms with Crippen molar-refractivity contribution in [1.82, 2.24) is 29.5 Å². The molecule has 0 atom stereocenters. The van der Waals surface area contributed by atoms with Crippen LogP contribution in [-0.4, -0.2) is 56.2 Å². The van der Waals surface area contributed by atoms with E-state index in [1.807, 2.05) is 26.2 Å². The molecule has 2 fully saturated rings. The molecule has 2 N–H and O–H groups in total. The Labute approximate surface area is 183 Å². The molecule has 1 spiro atoms. The zero-order chi connectivity index (χ0) is 22.2. The van der Waals surface area contributed by atoms with Crippen molar-refractivity contribution in [2.75, 3.05) is 36.4 Å². The van der Waals surface area contributed by atoms with E-state index < -0.39 is 11.7 Å². The Bertz CT molecular complexity index is 1410. The second-order valence-corrected chi connectivity index (χ2v) is 9.06. The second-order valence-electron chi connectivity index (χ2n) is 9.06. The van der Waals surface area contributed by atoms with Gasteiger partial charge in [-0.2, -0.15) is 5.10 Å². The van der Waals surface area contributed by atoms with Gasteiger partial charge in [-0.05, 0) is 19.9 Å². The lowest BCUT2D eigenvalue weighted by atomic mass is 9.74. The molecule has 2 aliphatic rings. The van der Waals surface area contributed by atoms with Gasteiger partial charge in [-0.1, -0.05) is 0 Å². The number of aryl methyl sites for hydroxylation is 3. The number of carbonyl (C=O) groups excluding carboxylic acids is 1. The number of nitrogens with one attached hydrogen (secondary N) is 2. The molecule has 0 aliphatic carbocycles. The lowest BCUT2D eigenvalue weighted by Crippen LogP contribution is -2.71. The summed E-state index contributed by atoms with van der Waals surface area (Å²) in [6.45, 7) is 7.50. The molecule has 1 aromatic carbocycles. The number of hydrogen-bond donors (Lipinski definition) is 2. The molecule has 4 aromatic rings. The van der Waals surface area contributed by atoms with Crippen molar-refractivity contribution in [3.63, 3.8) is 0 Å². The maximum atomic E-state index is 15.3. The van der Waals surface area contributed by atoms with Gasteiger partial charge in [0.2, 0.25) is 0 Å². The summed E-state index contributed by atoms with van der Waals surface area (Å²) in [5.74, 6) is -0.833. The van der Waals surface area contributed by atoms with Crippen LogP contribution in [0.15, 0.2) is 24.7 Å². The van der Waals surface area contributed by atoms with Crippen LogP contribution in [0.4, 0.5) is 15.9 Å². The third-order valence-electron chi connectivity index (χ3n) is 6.43. The SMILES string of the molecule is Cc1cn2cc(NC(=O)c3c(F)cc(N4CC5(CNC5)C4)c4cn(C)nc34)nc2c(C)n1. The van der Waals surface area contributed by atoms with E-state index in [9.17, 15) is 4.79 Å². The van der Waals surface area contributed by atoms with Gasteiger partial charge in [0, 0.05) is 56.4 Å². The third kappa shape index (κ3) is 2.79. The highest BCUT2D eigenvalue weighted by molar-refractivity contribution is 6.14. The fourth-order valence-electron chi connectivity index (χ4n) is 4.90. The summed E-state index contributed by atoms with van der Waals surface area (Å²) in [6, 6.07) is 1.46. The first-order valence-electron chi connectivity index (χ1n) is 10.6. The molecule has 10 heteroatoms. The molecule has 5 heterocycles. The van der Waals surface area contributed by atoms with Gasteiger partial charge in [0.15, 0.2) is 11.5 Å². The number of anilines is 2. The summed E-state index contributed by atoms with van der Waals surface area (Å²) in [7, 11) is 1.77. The van der Waals surface area contributed by atoms with E-state index in [0.717, 1.165) is 48.6 Å². The molecule has 0 unspecified atom stereocenters. The number of hydrogen-bond acceptors (Lipinski definition) is 6. The largest absolute Gasteiger partial charge is 0.369 e. The van der Waals surface area contributed by atoms with E-state index in [-0.39, 0.29) is 5.56 Å². The van der Waals surface area contributed by atoms with Crippen molar-refractivity contribution >= 4 is 34.0 Å². The lowest BCUT2D eigenvalue weighted by molar-refractivity contribution is 0.102. The number of nitrogens with zero attached hydrogens (tertiary/aromatic N) is 6. The molecule has 2 aliphatic heterocycles. The quantitative estimate of drug-likeness (QED) is 0.513. The van der Waals surface area contributed by atoms with E-state index in [1.54, 1.807) is 22.3 Å². The zero-order valence-electron chi connectivity index (χ0n) is 18.1. The fraction of sp³-hybridized carbons (Fsp3) is 0.364. The maximum absolute atomic E-state index is 15.3. The third-order valence-corrected chi connectivity index (χ3v) is 6.43. The summed E-state index contributed by atoms with van der Waals surface area (Å²) in [5, 5.41) is 11.2. The average Bonchev–Trinajstić information content (AvgIpc) is 3.22. The number of rotatable bonds is 3. The van der Waals surface area contributed by atoms with E-state index in [0.29, 0.717) is 22.4 Å². The Morgan fingerprint density at radius 2 is 1.97 bits per heavy atom. The van der Waals surface area contributed by atoms with Crippen molar-refractivity contribution in [2.24, 2.45) is 12.5 Å². The molecule has 6 rings (SSSR count). The van der Waals surface area contributed by atoms with Crippen molar-refractivity contribution in [3.8, 4) is 0 Å². The average molecular weight is 434 g/mol. The first kappa shape index (κ1) is 19.2. The number of benzene rings is 1. The molecule has 32 heavy (non-hydrogen) atoms. The van der Waals surface area contributed by atoms with Crippen LogP contribution in [0.5, 0.6) is 0 Å². The van der Waals surface area contributed by atoms with Gasteiger partial charge < -0.3 is 19.9 Å². The topological polar surface area (TPSA) is 92.4 Å². The molecule has 0 saturated carbocycles. The molecule has 2 saturated heterocycles. The van der Waals surface area contributed by atoms with Crippen LogP contribution in [0.2, 0.25) is 0 Å². The maximum Gasteiger partial charge on any atom is 0.262 e. The monoisotopic (exact) mass is 434 g/mol. The fourth-order valence-corrected chi connectivity index (χ4v) is 4.90. The molecular weight excluding hydrogens is 411 g/mol. The van der Waals surface area contributed by atoms with Crippen molar-refractivity contribution in [2.45, 2.75) is 13.8 Å². The van der Waals surface area contributed by atoms with Crippen LogP contribution in [-0.2, 0) is 7.05 Å². The van der Waals surface area contributed by atoms with Gasteiger partial charge in [0.05, 0.1) is 23.3 Å². The Kier molecular flexibility index (Phi) is 3.89. The molecule has 164 valence electrons. The van der Waals surface area contributed by atoms with Crippen LogP contribution in [0.1, 0.15) is 21.7 Å². The Morgan fingerprint density at radius 3 is 2.69 bits per heavy atom. The van der Waals surface area contributed by atoms with Crippen LogP contribution >= 0.6 is 0 Å². The standard InChI is InChI=1S/C22H23FN8O/c1-12-5-30-7-17(26-20(30)13(2)25-12)27-21(32)18-15(23)4-16(14-6-29(3)28-19(14)18)31-10-22(11-31)8-24-9-22/h4-7,24H,8-11H2,1-3H3,(H,27,32). The number of imidazole rings is 1. The number of fused-ring (bicyclic) bond motifs is 2. The van der Waals surface area contributed by atoms with Gasteiger partial charge >= 0.3 is 0 Å². The van der Waals surface area contributed by atoms with E-state index >= 15 is 4.39 Å². The van der Waals surface area contributed by atoms with Crippen LogP contribution < -0.4 is 15.5 Å². The molecule has 9 nitrogen and oxygen atoms in total. The Balaban J connectivity index is 1.36. The summed E-state index contributed by atoms with van der Waals surface area (Å²) < 4.78 is 18.7. The van der Waals surface area contributed by atoms with E-state index in [4.69, 9.17) is 0 Å². The molecule has 1 amide bonds. The summed E-state index contributed by atoms with van der Waals surface area (Å²) in [6.07, 6.45) is 5.37. The normalized spacial score (nSPS) is 17.1. The highest BCUT2D eigenvalue weighted by atomic mass is 19.1. The van der Waals surface area contributed by atoms with E-state index in [2.05, 4.69) is 30.6 Å². The predicted molar refractivity (Wildman–Crippen MR) is 119 cm³/mol. The first-order valence-corrected chi connectivity index (χ1v) is 10.6. The van der Waals surface area contributed by atoms with Crippen LogP contribution in [0.25, 0.3) is 16.6 Å². The van der Waals surface area contributed by atoms with Gasteiger partial charge in [-0.3, -0.25) is 14.5 Å². The predicted octanol–water partition coefficient (Wildman–Crippen LogP) is 2.03. The van der Waals surface area contributed by atoms with Crippen molar-refractivity contribution in [3.05, 3.63) is 47.4 Å². The minimum Gasteiger partial charge on any atom is -0.369 e. The zero-order valence-corrected chi connectivity index (χ0v) is 18.1. The van der Waals surface area contributed by atoms with Gasteiger partial charge in [0.25, 0.3) is 5.91 Å². The highest BCUT2D eigenvalue weighted by Crippen LogP contribution is 2.41. The summed E-state index contributed by atoms with van der Waals surface area (Å²) in [5.41, 5.74) is 3.59. The minimum absolute atomic E-state index is 0.0759. The van der Waals surface area contributed by atoms with Crippen LogP contribution in [0.3, 0.4) is 0 Å². The summed E-state index contributed by atoms with van der Waals surface area (Å²) >= 11 is 0. The van der Waals surface area contributed by atoms with Crippen LogP contribution in [0, 0.1) is 25.1 Å². The van der Waals surface area contributed by atoms with Crippen molar-refractivity contribution < 1.29 is 9.18 Å². The molecule has 0 radical (unpaired) electrons. The number of amides is 1. The lowest BCUT2D eigenvalue weighted by Gasteiger charge is -2.57. The van der Waals surface area contributed by atoms with Gasteiger partial charge in [-0.15, -0.1) is 0 Å². The number of carbonyl (C=O) groups is 1. The Hall–Kier alpha value is -3.53. The van der Waals surface area contributed by atoms with Crippen molar-refractivity contribution in [1.29, 1.82) is 0 Å². The Morgan fingerprint density at radius 1 is 1.19 bits per heavy atom. The number of aromatic nitrogens is 5. The highest BCUT2D eigenvalue weighted by Gasteiger charge is 2.48. The second kappa shape index (κ2) is 6.49.